The van der Waals surface area contributed by atoms with E-state index in [0.29, 0.717) is 23.1 Å². The molecule has 4 rings (SSSR count). The third-order valence-electron chi connectivity index (χ3n) is 4.98. The largest absolute Gasteiger partial charge is 0.496 e. The molecular formula is C23H20N4O4. The lowest BCUT2D eigenvalue weighted by atomic mass is 10.1. The monoisotopic (exact) mass is 416 g/mol. The highest BCUT2D eigenvalue weighted by Crippen LogP contribution is 2.25. The van der Waals surface area contributed by atoms with E-state index in [1.807, 2.05) is 24.3 Å². The summed E-state index contributed by atoms with van der Waals surface area (Å²) in [4.78, 5) is 38.0. The number of hydrogen-bond acceptors (Lipinski definition) is 5. The zero-order chi connectivity index (χ0) is 22.0. The van der Waals surface area contributed by atoms with E-state index in [-0.39, 0.29) is 16.8 Å². The summed E-state index contributed by atoms with van der Waals surface area (Å²) in [5, 5.41) is 6.74. The van der Waals surface area contributed by atoms with Crippen LogP contribution in [0.15, 0.2) is 65.5 Å². The van der Waals surface area contributed by atoms with Gasteiger partial charge in [0.05, 0.1) is 18.1 Å². The fourth-order valence-electron chi connectivity index (χ4n) is 3.42. The van der Waals surface area contributed by atoms with E-state index in [0.717, 1.165) is 10.8 Å². The summed E-state index contributed by atoms with van der Waals surface area (Å²) >= 11 is 0. The summed E-state index contributed by atoms with van der Waals surface area (Å²) in [6.07, 6.45) is 0. The molecular weight excluding hydrogens is 396 g/mol. The van der Waals surface area contributed by atoms with Gasteiger partial charge in [-0.3, -0.25) is 25.2 Å². The van der Waals surface area contributed by atoms with Crippen LogP contribution in [-0.2, 0) is 6.54 Å². The number of fused-ring (bicyclic) bond motifs is 2. The third kappa shape index (κ3) is 3.71. The molecule has 0 spiro atoms. The zero-order valence-electron chi connectivity index (χ0n) is 17.0. The van der Waals surface area contributed by atoms with Crippen molar-refractivity contribution in [3.8, 4) is 5.75 Å². The molecule has 0 aliphatic rings. The number of nitrogens with zero attached hydrogens (tertiary/aromatic N) is 2. The Bertz CT molecular complexity index is 1380. The number of ether oxygens (including phenoxy) is 1. The van der Waals surface area contributed by atoms with Crippen LogP contribution in [0.5, 0.6) is 5.75 Å². The van der Waals surface area contributed by atoms with Crippen LogP contribution in [0, 0.1) is 0 Å². The summed E-state index contributed by atoms with van der Waals surface area (Å²) < 4.78 is 6.56. The molecule has 0 aliphatic carbocycles. The highest BCUT2D eigenvalue weighted by Gasteiger charge is 2.19. The lowest BCUT2D eigenvalue weighted by Crippen LogP contribution is -2.43. The molecule has 8 nitrogen and oxygen atoms in total. The molecule has 0 bridgehead atoms. The SMILES string of the molecule is CCn1nc(C(=O)NNC(=O)c2cc3ccccc3cc2OC)c2ccccc2c1=O. The van der Waals surface area contributed by atoms with Crippen LogP contribution in [0.2, 0.25) is 0 Å². The lowest BCUT2D eigenvalue weighted by Gasteiger charge is -2.13. The molecule has 0 aliphatic heterocycles. The number of rotatable bonds is 4. The Morgan fingerprint density at radius 3 is 2.23 bits per heavy atom. The standard InChI is InChI=1S/C23H20N4O4/c1-3-27-23(30)17-11-7-6-10-16(17)20(26-27)22(29)25-24-21(28)18-12-14-8-4-5-9-15(14)13-19(18)31-2/h4-13H,3H2,1-2H3,(H,24,28)(H,25,29). The number of carbonyl (C=O) groups excluding carboxylic acids is 2. The Morgan fingerprint density at radius 1 is 0.935 bits per heavy atom. The van der Waals surface area contributed by atoms with Gasteiger partial charge in [0.2, 0.25) is 0 Å². The smallest absolute Gasteiger partial charge is 0.290 e. The summed E-state index contributed by atoms with van der Waals surface area (Å²) in [6.45, 7) is 2.07. The Morgan fingerprint density at radius 2 is 1.55 bits per heavy atom. The van der Waals surface area contributed by atoms with Crippen LogP contribution in [-0.4, -0.2) is 28.7 Å². The van der Waals surface area contributed by atoms with Gasteiger partial charge < -0.3 is 4.74 Å². The van der Waals surface area contributed by atoms with Gasteiger partial charge in [-0.2, -0.15) is 5.10 Å². The highest BCUT2D eigenvalue weighted by atomic mass is 16.5. The fraction of sp³-hybridized carbons (Fsp3) is 0.130. The van der Waals surface area contributed by atoms with Crippen molar-refractivity contribution >= 4 is 33.4 Å². The van der Waals surface area contributed by atoms with E-state index in [1.54, 1.807) is 43.3 Å². The van der Waals surface area contributed by atoms with Gasteiger partial charge in [0.15, 0.2) is 5.69 Å². The number of hydrogen-bond donors (Lipinski definition) is 2. The maximum absolute atomic E-state index is 12.8. The van der Waals surface area contributed by atoms with Gasteiger partial charge in [0, 0.05) is 11.9 Å². The minimum Gasteiger partial charge on any atom is -0.496 e. The van der Waals surface area contributed by atoms with Crippen LogP contribution in [0.3, 0.4) is 0 Å². The van der Waals surface area contributed by atoms with E-state index >= 15 is 0 Å². The second kappa shape index (κ2) is 8.27. The molecule has 3 aromatic carbocycles. The number of carbonyl (C=O) groups is 2. The van der Waals surface area contributed by atoms with Crippen LogP contribution in [0.4, 0.5) is 0 Å². The molecule has 0 fully saturated rings. The Kier molecular flexibility index (Phi) is 5.36. The quantitative estimate of drug-likeness (QED) is 0.498. The second-order valence-electron chi connectivity index (χ2n) is 6.82. The molecule has 1 heterocycles. The normalized spacial score (nSPS) is 10.8. The first-order chi connectivity index (χ1) is 15.0. The number of amides is 2. The maximum Gasteiger partial charge on any atom is 0.290 e. The van der Waals surface area contributed by atoms with Crippen molar-refractivity contribution in [1.29, 1.82) is 0 Å². The van der Waals surface area contributed by atoms with Gasteiger partial charge in [-0.15, -0.1) is 0 Å². The van der Waals surface area contributed by atoms with Gasteiger partial charge in [-0.25, -0.2) is 4.68 Å². The third-order valence-corrected chi connectivity index (χ3v) is 4.98. The van der Waals surface area contributed by atoms with Gasteiger partial charge in [0.1, 0.15) is 5.75 Å². The van der Waals surface area contributed by atoms with E-state index in [2.05, 4.69) is 16.0 Å². The Balaban J connectivity index is 1.63. The fourth-order valence-corrected chi connectivity index (χ4v) is 3.42. The molecule has 0 saturated heterocycles. The van der Waals surface area contributed by atoms with Crippen LogP contribution in [0.1, 0.15) is 27.8 Å². The molecule has 0 saturated carbocycles. The van der Waals surface area contributed by atoms with Gasteiger partial charge in [-0.1, -0.05) is 42.5 Å². The molecule has 8 heteroatoms. The first kappa shape index (κ1) is 20.1. The average Bonchev–Trinajstić information content (AvgIpc) is 2.81. The first-order valence-electron chi connectivity index (χ1n) is 9.70. The average molecular weight is 416 g/mol. The molecule has 0 atom stereocenters. The number of aryl methyl sites for hydroxylation is 1. The van der Waals surface area contributed by atoms with E-state index in [9.17, 15) is 14.4 Å². The summed E-state index contributed by atoms with van der Waals surface area (Å²) in [5.74, 6) is -0.788. The summed E-state index contributed by atoms with van der Waals surface area (Å²) in [5.41, 5.74) is 4.84. The predicted molar refractivity (Wildman–Crippen MR) is 117 cm³/mol. The van der Waals surface area contributed by atoms with Crippen molar-refractivity contribution in [3.63, 3.8) is 0 Å². The predicted octanol–water partition coefficient (Wildman–Crippen LogP) is 2.65. The van der Waals surface area contributed by atoms with Crippen molar-refractivity contribution in [3.05, 3.63) is 82.3 Å². The van der Waals surface area contributed by atoms with Crippen LogP contribution >= 0.6 is 0 Å². The molecule has 0 radical (unpaired) electrons. The van der Waals surface area contributed by atoms with Gasteiger partial charge in [0.25, 0.3) is 17.4 Å². The zero-order valence-corrected chi connectivity index (χ0v) is 17.0. The Hall–Kier alpha value is -4.20. The number of benzene rings is 3. The molecule has 2 amide bonds. The van der Waals surface area contributed by atoms with Crippen LogP contribution in [0.25, 0.3) is 21.5 Å². The van der Waals surface area contributed by atoms with Gasteiger partial charge >= 0.3 is 0 Å². The molecule has 2 N–H and O–H groups in total. The molecule has 156 valence electrons. The van der Waals surface area contributed by atoms with Gasteiger partial charge in [-0.05, 0) is 35.9 Å². The molecule has 0 unspecified atom stereocenters. The first-order valence-corrected chi connectivity index (χ1v) is 9.70. The topological polar surface area (TPSA) is 102 Å². The minimum atomic E-state index is -0.633. The van der Waals surface area contributed by atoms with Crippen molar-refractivity contribution in [2.24, 2.45) is 0 Å². The van der Waals surface area contributed by atoms with Crippen LogP contribution < -0.4 is 21.1 Å². The number of aromatic nitrogens is 2. The summed E-state index contributed by atoms with van der Waals surface area (Å²) in [7, 11) is 1.48. The van der Waals surface area contributed by atoms with E-state index in [4.69, 9.17) is 4.74 Å². The number of methoxy groups -OCH3 is 1. The second-order valence-corrected chi connectivity index (χ2v) is 6.82. The maximum atomic E-state index is 12.8. The van der Waals surface area contributed by atoms with Crippen molar-refractivity contribution in [2.45, 2.75) is 13.5 Å². The van der Waals surface area contributed by atoms with Crippen molar-refractivity contribution < 1.29 is 14.3 Å². The highest BCUT2D eigenvalue weighted by molar-refractivity contribution is 6.07. The number of nitrogens with one attached hydrogen (secondary N) is 2. The molecule has 31 heavy (non-hydrogen) atoms. The molecule has 1 aromatic heterocycles. The lowest BCUT2D eigenvalue weighted by molar-refractivity contribution is 0.0842. The van der Waals surface area contributed by atoms with E-state index < -0.39 is 11.8 Å². The Labute approximate surface area is 177 Å². The molecule has 4 aromatic rings. The minimum absolute atomic E-state index is 0.0443. The van der Waals surface area contributed by atoms with E-state index in [1.165, 1.54) is 11.8 Å². The summed E-state index contributed by atoms with van der Waals surface area (Å²) in [6, 6.07) is 17.8. The van der Waals surface area contributed by atoms with Crippen molar-refractivity contribution in [2.75, 3.05) is 7.11 Å². The van der Waals surface area contributed by atoms with Crippen molar-refractivity contribution in [1.82, 2.24) is 20.6 Å². The number of hydrazine groups is 1.